The number of benzene rings is 2. The van der Waals surface area contributed by atoms with Crippen molar-refractivity contribution in [3.8, 4) is 17.6 Å². The van der Waals surface area contributed by atoms with E-state index in [1.165, 1.54) is 18.2 Å². The largest absolute Gasteiger partial charge is 0.497 e. The molecule has 42 heavy (non-hydrogen) atoms. The summed E-state index contributed by atoms with van der Waals surface area (Å²) in [6.07, 6.45) is 3.22. The number of hydrogen-bond donors (Lipinski definition) is 6. The maximum atomic E-state index is 13.2. The molecular formula is C31H40N4O7. The SMILES string of the molecule is CCCCNC(=O)C(CO)NC(=O)c1cc(C#Cc2ccc(OC)cc2)cc(C(=O)NC(CO)C(=O)NCCCC)c1. The molecule has 0 fully saturated rings. The van der Waals surface area contributed by atoms with Crippen LogP contribution in [0, 0.1) is 11.8 Å². The number of methoxy groups -OCH3 is 1. The highest BCUT2D eigenvalue weighted by molar-refractivity contribution is 6.02. The van der Waals surface area contributed by atoms with Crippen LogP contribution in [0.25, 0.3) is 0 Å². The molecule has 0 bridgehead atoms. The second-order valence-electron chi connectivity index (χ2n) is 9.48. The number of aliphatic hydroxyl groups excluding tert-OH is 2. The number of carbonyl (C=O) groups is 4. The number of carbonyl (C=O) groups excluding carboxylic acids is 4. The van der Waals surface area contributed by atoms with Crippen molar-refractivity contribution in [3.05, 3.63) is 64.7 Å². The zero-order chi connectivity index (χ0) is 30.9. The van der Waals surface area contributed by atoms with Gasteiger partial charge in [0.2, 0.25) is 11.8 Å². The summed E-state index contributed by atoms with van der Waals surface area (Å²) in [5, 5.41) is 29.7. The van der Waals surface area contributed by atoms with Crippen molar-refractivity contribution in [3.63, 3.8) is 0 Å². The van der Waals surface area contributed by atoms with E-state index in [-0.39, 0.29) is 11.1 Å². The van der Waals surface area contributed by atoms with Crippen LogP contribution in [-0.2, 0) is 9.59 Å². The molecule has 2 rings (SSSR count). The van der Waals surface area contributed by atoms with E-state index in [1.54, 1.807) is 31.4 Å². The molecule has 0 spiro atoms. The zero-order valence-corrected chi connectivity index (χ0v) is 24.3. The molecule has 0 saturated carbocycles. The van der Waals surface area contributed by atoms with E-state index in [9.17, 15) is 29.4 Å². The third kappa shape index (κ3) is 10.9. The number of ether oxygens (including phenoxy) is 1. The quantitative estimate of drug-likeness (QED) is 0.136. The maximum Gasteiger partial charge on any atom is 0.252 e. The molecule has 0 saturated heterocycles. The van der Waals surface area contributed by atoms with E-state index >= 15 is 0 Å². The molecule has 0 aliphatic rings. The Morgan fingerprint density at radius 3 is 1.60 bits per heavy atom. The molecule has 11 heteroatoms. The lowest BCUT2D eigenvalue weighted by molar-refractivity contribution is -0.124. The van der Waals surface area contributed by atoms with Crippen LogP contribution < -0.4 is 26.0 Å². The van der Waals surface area contributed by atoms with Crippen LogP contribution in [0.3, 0.4) is 0 Å². The predicted molar refractivity (Wildman–Crippen MR) is 158 cm³/mol. The Kier molecular flexibility index (Phi) is 14.6. The van der Waals surface area contributed by atoms with Gasteiger partial charge in [-0.2, -0.15) is 0 Å². The molecule has 2 atom stereocenters. The number of rotatable bonds is 15. The summed E-state index contributed by atoms with van der Waals surface area (Å²) in [6.45, 7) is 3.49. The summed E-state index contributed by atoms with van der Waals surface area (Å²) in [7, 11) is 1.55. The smallest absolute Gasteiger partial charge is 0.252 e. The standard InChI is InChI=1S/C31H40N4O7/c1-4-6-14-32-30(40)26(19-36)34-28(38)23-16-22(9-8-21-10-12-25(42-3)13-11-21)17-24(18-23)29(39)35-27(20-37)31(41)33-15-7-5-2/h10-13,16-18,26-27,36-37H,4-7,14-15,19-20H2,1-3H3,(H,32,40)(H,33,41)(H,34,38)(H,35,39). The molecular weight excluding hydrogens is 540 g/mol. The Labute approximate surface area is 246 Å². The van der Waals surface area contributed by atoms with Gasteiger partial charge in [-0.25, -0.2) is 0 Å². The van der Waals surface area contributed by atoms with Gasteiger partial charge < -0.3 is 36.2 Å². The topological polar surface area (TPSA) is 166 Å². The predicted octanol–water partition coefficient (Wildman–Crippen LogP) is 1.11. The van der Waals surface area contributed by atoms with Gasteiger partial charge in [-0.3, -0.25) is 19.2 Å². The minimum Gasteiger partial charge on any atom is -0.497 e. The minimum atomic E-state index is -1.20. The highest BCUT2D eigenvalue weighted by Gasteiger charge is 2.23. The third-order valence-corrected chi connectivity index (χ3v) is 6.17. The first-order valence-electron chi connectivity index (χ1n) is 14.0. The van der Waals surface area contributed by atoms with Gasteiger partial charge in [0.05, 0.1) is 20.3 Å². The van der Waals surface area contributed by atoms with Crippen molar-refractivity contribution < 1.29 is 34.1 Å². The number of unbranched alkanes of at least 4 members (excludes halogenated alkanes) is 2. The van der Waals surface area contributed by atoms with E-state index < -0.39 is 48.9 Å². The van der Waals surface area contributed by atoms with Gasteiger partial charge in [0.25, 0.3) is 11.8 Å². The molecule has 2 aromatic rings. The van der Waals surface area contributed by atoms with E-state index in [1.807, 2.05) is 13.8 Å². The Bertz CT molecular complexity index is 1210. The van der Waals surface area contributed by atoms with Crippen molar-refractivity contribution in [2.24, 2.45) is 0 Å². The van der Waals surface area contributed by atoms with Crippen molar-refractivity contribution >= 4 is 23.6 Å². The van der Waals surface area contributed by atoms with Crippen molar-refractivity contribution in [2.75, 3.05) is 33.4 Å². The first-order valence-corrected chi connectivity index (χ1v) is 14.0. The number of hydrogen-bond acceptors (Lipinski definition) is 7. The second-order valence-corrected chi connectivity index (χ2v) is 9.48. The van der Waals surface area contributed by atoms with Crippen LogP contribution in [0.15, 0.2) is 42.5 Å². The highest BCUT2D eigenvalue weighted by atomic mass is 16.5. The molecule has 0 aromatic heterocycles. The molecule has 0 radical (unpaired) electrons. The van der Waals surface area contributed by atoms with Crippen LogP contribution in [0.1, 0.15) is 71.4 Å². The average Bonchev–Trinajstić information content (AvgIpc) is 3.01. The van der Waals surface area contributed by atoms with Gasteiger partial charge in [0.1, 0.15) is 17.8 Å². The number of amides is 4. The Balaban J connectivity index is 2.37. The Morgan fingerprint density at radius 2 is 1.19 bits per heavy atom. The summed E-state index contributed by atoms with van der Waals surface area (Å²) in [5.41, 5.74) is 0.984. The maximum absolute atomic E-state index is 13.2. The molecule has 226 valence electrons. The Morgan fingerprint density at radius 1 is 0.738 bits per heavy atom. The second kappa shape index (κ2) is 18.1. The van der Waals surface area contributed by atoms with Gasteiger partial charge in [0, 0.05) is 35.3 Å². The van der Waals surface area contributed by atoms with Crippen molar-refractivity contribution in [1.82, 2.24) is 21.3 Å². The van der Waals surface area contributed by atoms with Crippen LogP contribution >= 0.6 is 0 Å². The molecule has 4 amide bonds. The van der Waals surface area contributed by atoms with E-state index in [0.29, 0.717) is 30.0 Å². The van der Waals surface area contributed by atoms with E-state index in [2.05, 4.69) is 33.1 Å². The fourth-order valence-electron chi connectivity index (χ4n) is 3.68. The molecule has 2 unspecified atom stereocenters. The highest BCUT2D eigenvalue weighted by Crippen LogP contribution is 2.13. The minimum absolute atomic E-state index is 0.00874. The fraction of sp³-hybridized carbons (Fsp3) is 0.419. The van der Waals surface area contributed by atoms with Crippen LogP contribution in [-0.4, -0.2) is 79.3 Å². The summed E-state index contributed by atoms with van der Waals surface area (Å²) in [5.74, 6) is 4.06. The van der Waals surface area contributed by atoms with Gasteiger partial charge in [-0.1, -0.05) is 38.5 Å². The van der Waals surface area contributed by atoms with E-state index in [4.69, 9.17) is 4.74 Å². The van der Waals surface area contributed by atoms with Crippen LogP contribution in [0.2, 0.25) is 0 Å². The lowest BCUT2D eigenvalue weighted by atomic mass is 10.0. The fourth-order valence-corrected chi connectivity index (χ4v) is 3.68. The van der Waals surface area contributed by atoms with Crippen LogP contribution in [0.5, 0.6) is 5.75 Å². The van der Waals surface area contributed by atoms with Gasteiger partial charge in [0.15, 0.2) is 0 Å². The number of aliphatic hydroxyl groups is 2. The average molecular weight is 581 g/mol. The normalized spacial score (nSPS) is 11.7. The summed E-state index contributed by atoms with van der Waals surface area (Å²) in [4.78, 5) is 51.2. The summed E-state index contributed by atoms with van der Waals surface area (Å²) >= 11 is 0. The van der Waals surface area contributed by atoms with Crippen LogP contribution in [0.4, 0.5) is 0 Å². The lowest BCUT2D eigenvalue weighted by Crippen LogP contribution is -2.49. The molecule has 0 heterocycles. The zero-order valence-electron chi connectivity index (χ0n) is 24.3. The first-order chi connectivity index (χ1) is 20.3. The van der Waals surface area contributed by atoms with Crippen molar-refractivity contribution in [2.45, 2.75) is 51.6 Å². The molecule has 2 aromatic carbocycles. The molecule has 0 aliphatic carbocycles. The van der Waals surface area contributed by atoms with Gasteiger partial charge in [-0.05, 0) is 55.3 Å². The molecule has 6 N–H and O–H groups in total. The number of nitrogens with one attached hydrogen (secondary N) is 4. The van der Waals surface area contributed by atoms with Gasteiger partial charge in [-0.15, -0.1) is 0 Å². The van der Waals surface area contributed by atoms with Crippen molar-refractivity contribution in [1.29, 1.82) is 0 Å². The van der Waals surface area contributed by atoms with E-state index in [0.717, 1.165) is 25.7 Å². The van der Waals surface area contributed by atoms with Gasteiger partial charge >= 0.3 is 0 Å². The summed E-state index contributed by atoms with van der Waals surface area (Å²) in [6, 6.07) is 8.78. The Hall–Kier alpha value is -4.40. The first kappa shape index (κ1) is 33.8. The molecule has 11 nitrogen and oxygen atoms in total. The summed E-state index contributed by atoms with van der Waals surface area (Å²) < 4.78 is 5.16. The monoisotopic (exact) mass is 580 g/mol. The third-order valence-electron chi connectivity index (χ3n) is 6.17. The molecule has 0 aliphatic heterocycles. The lowest BCUT2D eigenvalue weighted by Gasteiger charge is -2.18.